The molecule has 0 aliphatic heterocycles. The summed E-state index contributed by atoms with van der Waals surface area (Å²) < 4.78 is 0. The van der Waals surface area contributed by atoms with E-state index in [1.807, 2.05) is 6.08 Å². The molecule has 0 amide bonds. The SMILES string of the molecule is CCCCCCCC(O)C=CC1CCC(=O)C1CCCCCCC(=O)O. The summed E-state index contributed by atoms with van der Waals surface area (Å²) in [7, 11) is 0. The smallest absolute Gasteiger partial charge is 0.303 e. The van der Waals surface area contributed by atoms with Gasteiger partial charge < -0.3 is 10.2 Å². The van der Waals surface area contributed by atoms with Gasteiger partial charge in [-0.15, -0.1) is 0 Å². The molecule has 0 aromatic heterocycles. The Bertz CT molecular complexity index is 430. The molecule has 1 aliphatic rings. The fourth-order valence-corrected chi connectivity index (χ4v) is 3.86. The second kappa shape index (κ2) is 14.0. The predicted molar refractivity (Wildman–Crippen MR) is 105 cm³/mol. The second-order valence-corrected chi connectivity index (χ2v) is 7.78. The number of carbonyl (C=O) groups excluding carboxylic acids is 1. The first-order valence-corrected chi connectivity index (χ1v) is 10.7. The zero-order valence-electron chi connectivity index (χ0n) is 16.5. The zero-order valence-corrected chi connectivity index (χ0v) is 16.5. The predicted octanol–water partition coefficient (Wildman–Crippen LogP) is 5.28. The molecule has 1 rings (SSSR count). The fraction of sp³-hybridized carbons (Fsp3) is 0.818. The van der Waals surface area contributed by atoms with Gasteiger partial charge in [-0.05, 0) is 31.6 Å². The largest absolute Gasteiger partial charge is 0.481 e. The molecule has 3 unspecified atom stereocenters. The lowest BCUT2D eigenvalue weighted by atomic mass is 9.89. The molecule has 2 N–H and O–H groups in total. The summed E-state index contributed by atoms with van der Waals surface area (Å²) in [4.78, 5) is 22.6. The number of ketones is 1. The number of Topliss-reactive ketones (excluding diaryl/α,β-unsaturated/α-hetero) is 1. The molecule has 0 saturated heterocycles. The topological polar surface area (TPSA) is 74.6 Å². The van der Waals surface area contributed by atoms with Crippen LogP contribution >= 0.6 is 0 Å². The average molecular weight is 367 g/mol. The van der Waals surface area contributed by atoms with E-state index < -0.39 is 5.97 Å². The van der Waals surface area contributed by atoms with E-state index in [2.05, 4.69) is 13.0 Å². The Labute approximate surface area is 159 Å². The zero-order chi connectivity index (χ0) is 19.2. The summed E-state index contributed by atoms with van der Waals surface area (Å²) in [6.45, 7) is 2.20. The van der Waals surface area contributed by atoms with Crippen LogP contribution < -0.4 is 0 Å². The van der Waals surface area contributed by atoms with Crippen molar-refractivity contribution in [2.75, 3.05) is 0 Å². The van der Waals surface area contributed by atoms with Gasteiger partial charge in [-0.25, -0.2) is 0 Å². The number of carboxylic acid groups (broad SMARTS) is 1. The van der Waals surface area contributed by atoms with Crippen molar-refractivity contribution in [1.29, 1.82) is 0 Å². The van der Waals surface area contributed by atoms with Gasteiger partial charge >= 0.3 is 5.97 Å². The quantitative estimate of drug-likeness (QED) is 0.305. The van der Waals surface area contributed by atoms with Crippen molar-refractivity contribution in [1.82, 2.24) is 0 Å². The maximum Gasteiger partial charge on any atom is 0.303 e. The lowest BCUT2D eigenvalue weighted by Gasteiger charge is -2.15. The summed E-state index contributed by atoms with van der Waals surface area (Å²) >= 11 is 0. The molecule has 26 heavy (non-hydrogen) atoms. The number of rotatable bonds is 15. The van der Waals surface area contributed by atoms with Gasteiger partial charge in [-0.1, -0.05) is 70.4 Å². The van der Waals surface area contributed by atoms with E-state index in [1.165, 1.54) is 25.7 Å². The highest BCUT2D eigenvalue weighted by Gasteiger charge is 2.32. The van der Waals surface area contributed by atoms with Crippen molar-refractivity contribution < 1.29 is 19.8 Å². The molecule has 0 aromatic carbocycles. The molecule has 150 valence electrons. The van der Waals surface area contributed by atoms with E-state index in [-0.39, 0.29) is 24.4 Å². The van der Waals surface area contributed by atoms with Crippen LogP contribution in [0.1, 0.15) is 96.8 Å². The molecule has 0 bridgehead atoms. The lowest BCUT2D eigenvalue weighted by Crippen LogP contribution is -2.14. The number of carboxylic acids is 1. The van der Waals surface area contributed by atoms with Crippen LogP contribution in [-0.2, 0) is 9.59 Å². The van der Waals surface area contributed by atoms with Crippen LogP contribution in [0.25, 0.3) is 0 Å². The highest BCUT2D eigenvalue weighted by molar-refractivity contribution is 5.83. The second-order valence-electron chi connectivity index (χ2n) is 7.78. The Balaban J connectivity index is 2.24. The van der Waals surface area contributed by atoms with Crippen LogP contribution in [0, 0.1) is 11.8 Å². The third-order valence-electron chi connectivity index (χ3n) is 5.49. The molecule has 1 aliphatic carbocycles. The van der Waals surface area contributed by atoms with E-state index >= 15 is 0 Å². The van der Waals surface area contributed by atoms with Crippen molar-refractivity contribution in [3.8, 4) is 0 Å². The van der Waals surface area contributed by atoms with E-state index in [0.29, 0.717) is 12.2 Å². The molecule has 0 aromatic rings. The van der Waals surface area contributed by atoms with Gasteiger partial charge in [0.25, 0.3) is 0 Å². The molecular formula is C22H38O4. The number of aliphatic hydroxyl groups is 1. The molecule has 0 heterocycles. The maximum atomic E-state index is 12.1. The summed E-state index contributed by atoms with van der Waals surface area (Å²) in [6.07, 6.45) is 16.7. The minimum atomic E-state index is -0.731. The third-order valence-corrected chi connectivity index (χ3v) is 5.49. The van der Waals surface area contributed by atoms with Crippen LogP contribution in [0.5, 0.6) is 0 Å². The molecule has 4 heteroatoms. The Morgan fingerprint density at radius 3 is 2.54 bits per heavy atom. The first kappa shape index (κ1) is 22.9. The number of hydrogen-bond donors (Lipinski definition) is 2. The van der Waals surface area contributed by atoms with E-state index in [4.69, 9.17) is 5.11 Å². The minimum absolute atomic E-state index is 0.0995. The number of aliphatic carboxylic acids is 1. The van der Waals surface area contributed by atoms with Gasteiger partial charge in [0.2, 0.25) is 0 Å². The summed E-state index contributed by atoms with van der Waals surface area (Å²) in [5.41, 5.74) is 0. The Morgan fingerprint density at radius 1 is 1.12 bits per heavy atom. The molecule has 4 nitrogen and oxygen atoms in total. The monoisotopic (exact) mass is 366 g/mol. The van der Waals surface area contributed by atoms with Crippen molar-refractivity contribution in [2.45, 2.75) is 103 Å². The normalized spacial score (nSPS) is 21.5. The molecular weight excluding hydrogens is 328 g/mol. The van der Waals surface area contributed by atoms with E-state index in [0.717, 1.165) is 51.4 Å². The van der Waals surface area contributed by atoms with Gasteiger partial charge in [-0.2, -0.15) is 0 Å². The molecule has 1 fully saturated rings. The Hall–Kier alpha value is -1.16. The van der Waals surface area contributed by atoms with Crippen molar-refractivity contribution in [3.05, 3.63) is 12.2 Å². The number of unbranched alkanes of at least 4 members (excludes halogenated alkanes) is 7. The van der Waals surface area contributed by atoms with Crippen LogP contribution in [0.15, 0.2) is 12.2 Å². The van der Waals surface area contributed by atoms with Crippen LogP contribution in [-0.4, -0.2) is 28.1 Å². The van der Waals surface area contributed by atoms with E-state index in [9.17, 15) is 14.7 Å². The van der Waals surface area contributed by atoms with Crippen molar-refractivity contribution >= 4 is 11.8 Å². The standard InChI is InChI=1S/C22H38O4/c1-2-3-4-5-8-11-19(23)16-14-18-15-17-21(24)20(18)12-9-6-7-10-13-22(25)26/h14,16,18-20,23H,2-13,15,17H2,1H3,(H,25,26). The van der Waals surface area contributed by atoms with Crippen LogP contribution in [0.3, 0.4) is 0 Å². The first-order valence-electron chi connectivity index (χ1n) is 10.7. The molecule has 1 saturated carbocycles. The van der Waals surface area contributed by atoms with Crippen LogP contribution in [0.2, 0.25) is 0 Å². The Morgan fingerprint density at radius 2 is 1.81 bits per heavy atom. The van der Waals surface area contributed by atoms with Crippen molar-refractivity contribution in [3.63, 3.8) is 0 Å². The van der Waals surface area contributed by atoms with Gasteiger partial charge in [0.05, 0.1) is 6.10 Å². The third kappa shape index (κ3) is 10.1. The number of allylic oxidation sites excluding steroid dienone is 1. The fourth-order valence-electron chi connectivity index (χ4n) is 3.86. The minimum Gasteiger partial charge on any atom is -0.481 e. The highest BCUT2D eigenvalue weighted by atomic mass is 16.4. The molecule has 0 spiro atoms. The number of hydrogen-bond acceptors (Lipinski definition) is 3. The molecule has 3 atom stereocenters. The lowest BCUT2D eigenvalue weighted by molar-refractivity contribution is -0.137. The van der Waals surface area contributed by atoms with Crippen LogP contribution in [0.4, 0.5) is 0 Å². The maximum absolute atomic E-state index is 12.1. The van der Waals surface area contributed by atoms with Crippen molar-refractivity contribution in [2.24, 2.45) is 11.8 Å². The average Bonchev–Trinajstić information content (AvgIpc) is 2.95. The molecule has 0 radical (unpaired) electrons. The Kier molecular flexibility index (Phi) is 12.3. The summed E-state index contributed by atoms with van der Waals surface area (Å²) in [6, 6.07) is 0. The van der Waals surface area contributed by atoms with E-state index in [1.54, 1.807) is 0 Å². The van der Waals surface area contributed by atoms with Gasteiger partial charge in [0.1, 0.15) is 5.78 Å². The summed E-state index contributed by atoms with van der Waals surface area (Å²) in [5.74, 6) is 0.00285. The first-order chi connectivity index (χ1) is 12.5. The number of aliphatic hydroxyl groups excluding tert-OH is 1. The van der Waals surface area contributed by atoms with Gasteiger partial charge in [-0.3, -0.25) is 9.59 Å². The van der Waals surface area contributed by atoms with Gasteiger partial charge in [0, 0.05) is 18.8 Å². The highest BCUT2D eigenvalue weighted by Crippen LogP contribution is 2.34. The summed E-state index contributed by atoms with van der Waals surface area (Å²) in [5, 5.41) is 18.8. The number of carbonyl (C=O) groups is 2. The van der Waals surface area contributed by atoms with Gasteiger partial charge in [0.15, 0.2) is 0 Å².